The number of anilines is 1. The zero-order valence-electron chi connectivity index (χ0n) is 13.6. The Morgan fingerprint density at radius 3 is 2.67 bits per heavy atom. The number of pyridine rings is 1. The Labute approximate surface area is 141 Å². The molecule has 0 saturated carbocycles. The van der Waals surface area contributed by atoms with E-state index in [0.29, 0.717) is 45.2 Å². The zero-order valence-corrected chi connectivity index (χ0v) is 14.4. The molecule has 0 aromatic carbocycles. The van der Waals surface area contributed by atoms with Crippen molar-refractivity contribution in [3.05, 3.63) is 36.3 Å². The van der Waals surface area contributed by atoms with E-state index in [4.69, 9.17) is 4.74 Å². The van der Waals surface area contributed by atoms with Crippen molar-refractivity contribution in [1.29, 1.82) is 0 Å². The minimum absolute atomic E-state index is 0.206. The van der Waals surface area contributed by atoms with Crippen LogP contribution in [0.25, 0.3) is 0 Å². The summed E-state index contributed by atoms with van der Waals surface area (Å²) in [6.07, 6.45) is 5.17. The molecule has 1 aliphatic rings. The van der Waals surface area contributed by atoms with Crippen molar-refractivity contribution in [2.45, 2.75) is 18.4 Å². The summed E-state index contributed by atoms with van der Waals surface area (Å²) in [5.74, 6) is 0.639. The molecule has 0 unspecified atom stereocenters. The van der Waals surface area contributed by atoms with Crippen LogP contribution in [0.1, 0.15) is 5.56 Å². The first kappa shape index (κ1) is 16.9. The van der Waals surface area contributed by atoms with Crippen LogP contribution in [0.5, 0.6) is 0 Å². The highest BCUT2D eigenvalue weighted by atomic mass is 32.2. The van der Waals surface area contributed by atoms with E-state index in [0.717, 1.165) is 5.56 Å². The maximum absolute atomic E-state index is 12.5. The normalized spacial score (nSPS) is 16.2. The maximum atomic E-state index is 12.5. The van der Waals surface area contributed by atoms with Gasteiger partial charge in [-0.05, 0) is 24.6 Å². The number of aryl methyl sites for hydroxylation is 1. The maximum Gasteiger partial charge on any atom is 0.244 e. The summed E-state index contributed by atoms with van der Waals surface area (Å²) in [7, 11) is -3.49. The molecule has 2 aromatic rings. The Bertz CT molecular complexity index is 767. The molecule has 0 amide bonds. The molecule has 0 atom stereocenters. The van der Waals surface area contributed by atoms with Gasteiger partial charge in [0, 0.05) is 32.0 Å². The first-order valence-corrected chi connectivity index (χ1v) is 9.26. The Balaban J connectivity index is 1.58. The van der Waals surface area contributed by atoms with Crippen molar-refractivity contribution in [3.63, 3.8) is 0 Å². The lowest BCUT2D eigenvalue weighted by Gasteiger charge is -2.25. The number of ether oxygens (including phenoxy) is 1. The summed E-state index contributed by atoms with van der Waals surface area (Å²) in [4.78, 5) is 4.40. The van der Waals surface area contributed by atoms with E-state index >= 15 is 0 Å². The van der Waals surface area contributed by atoms with Gasteiger partial charge in [0.05, 0.1) is 26.0 Å². The molecule has 24 heavy (non-hydrogen) atoms. The predicted octanol–water partition coefficient (Wildman–Crippen LogP) is 0.720. The Kier molecular flexibility index (Phi) is 5.12. The summed E-state index contributed by atoms with van der Waals surface area (Å²) in [5, 5.41) is 7.37. The van der Waals surface area contributed by atoms with Crippen molar-refractivity contribution in [2.75, 3.05) is 38.2 Å². The lowest BCUT2D eigenvalue weighted by Crippen LogP contribution is -2.40. The van der Waals surface area contributed by atoms with Gasteiger partial charge in [-0.2, -0.15) is 9.40 Å². The molecular formula is C15H21N5O3S. The third-order valence-electron chi connectivity index (χ3n) is 3.75. The largest absolute Gasteiger partial charge is 0.379 e. The number of nitrogens with zero attached hydrogens (tertiary/aromatic N) is 4. The van der Waals surface area contributed by atoms with Gasteiger partial charge in [-0.15, -0.1) is 0 Å². The van der Waals surface area contributed by atoms with E-state index in [1.54, 1.807) is 12.1 Å². The SMILES string of the molecule is Cc1cnn(CCNc2ccc(S(=O)(=O)N3CCOCC3)cn2)c1. The Morgan fingerprint density at radius 1 is 1.25 bits per heavy atom. The van der Waals surface area contributed by atoms with Crippen LogP contribution in [0.4, 0.5) is 5.82 Å². The van der Waals surface area contributed by atoms with E-state index in [1.165, 1.54) is 10.5 Å². The zero-order chi connectivity index (χ0) is 17.0. The number of nitrogens with one attached hydrogen (secondary N) is 1. The van der Waals surface area contributed by atoms with Gasteiger partial charge in [0.15, 0.2) is 0 Å². The van der Waals surface area contributed by atoms with Crippen LogP contribution in [-0.2, 0) is 21.3 Å². The van der Waals surface area contributed by atoms with E-state index in [9.17, 15) is 8.42 Å². The number of hydrogen-bond acceptors (Lipinski definition) is 6. The molecule has 8 nitrogen and oxygen atoms in total. The topological polar surface area (TPSA) is 89.4 Å². The molecule has 0 aliphatic carbocycles. The molecule has 0 bridgehead atoms. The van der Waals surface area contributed by atoms with Crippen LogP contribution in [0.3, 0.4) is 0 Å². The molecule has 3 heterocycles. The van der Waals surface area contributed by atoms with Crippen LogP contribution in [0, 0.1) is 6.92 Å². The molecule has 9 heteroatoms. The lowest BCUT2D eigenvalue weighted by molar-refractivity contribution is 0.0730. The molecule has 1 aliphatic heterocycles. The summed E-state index contributed by atoms with van der Waals surface area (Å²) < 4.78 is 33.5. The molecular weight excluding hydrogens is 330 g/mol. The second kappa shape index (κ2) is 7.29. The molecule has 0 radical (unpaired) electrons. The Hall–Kier alpha value is -1.97. The molecule has 3 rings (SSSR count). The van der Waals surface area contributed by atoms with Crippen molar-refractivity contribution in [2.24, 2.45) is 0 Å². The minimum Gasteiger partial charge on any atom is -0.379 e. The minimum atomic E-state index is -3.49. The fourth-order valence-electron chi connectivity index (χ4n) is 2.46. The van der Waals surface area contributed by atoms with E-state index < -0.39 is 10.0 Å². The first-order valence-electron chi connectivity index (χ1n) is 7.82. The van der Waals surface area contributed by atoms with Crippen LogP contribution in [0.15, 0.2) is 35.6 Å². The Morgan fingerprint density at radius 2 is 2.04 bits per heavy atom. The smallest absolute Gasteiger partial charge is 0.244 e. The molecule has 130 valence electrons. The van der Waals surface area contributed by atoms with Crippen LogP contribution in [0.2, 0.25) is 0 Å². The monoisotopic (exact) mass is 351 g/mol. The highest BCUT2D eigenvalue weighted by molar-refractivity contribution is 7.89. The number of morpholine rings is 1. The van der Waals surface area contributed by atoms with Gasteiger partial charge in [0.25, 0.3) is 0 Å². The van der Waals surface area contributed by atoms with Crippen LogP contribution >= 0.6 is 0 Å². The third-order valence-corrected chi connectivity index (χ3v) is 5.64. The second-order valence-corrected chi connectivity index (χ2v) is 7.54. The fourth-order valence-corrected chi connectivity index (χ4v) is 3.82. The first-order chi connectivity index (χ1) is 11.6. The highest BCUT2D eigenvalue weighted by Crippen LogP contribution is 2.17. The molecule has 1 saturated heterocycles. The van der Waals surface area contributed by atoms with Crippen molar-refractivity contribution in [3.8, 4) is 0 Å². The second-order valence-electron chi connectivity index (χ2n) is 5.60. The van der Waals surface area contributed by atoms with Gasteiger partial charge in [-0.3, -0.25) is 4.68 Å². The molecule has 1 N–H and O–H groups in total. The van der Waals surface area contributed by atoms with Crippen molar-refractivity contribution in [1.82, 2.24) is 19.1 Å². The van der Waals surface area contributed by atoms with Gasteiger partial charge in [0.2, 0.25) is 10.0 Å². The fraction of sp³-hybridized carbons (Fsp3) is 0.467. The van der Waals surface area contributed by atoms with E-state index in [1.807, 2.05) is 24.0 Å². The standard InChI is InChI=1S/C15H21N5O3S/c1-13-10-18-19(12-13)5-4-16-15-3-2-14(11-17-15)24(21,22)20-6-8-23-9-7-20/h2-3,10-12H,4-9H2,1H3,(H,16,17). The average Bonchev–Trinajstić information content (AvgIpc) is 3.01. The molecule has 0 spiro atoms. The molecule has 2 aromatic heterocycles. The van der Waals surface area contributed by atoms with Gasteiger partial charge < -0.3 is 10.1 Å². The highest BCUT2D eigenvalue weighted by Gasteiger charge is 2.26. The predicted molar refractivity (Wildman–Crippen MR) is 89.3 cm³/mol. The van der Waals surface area contributed by atoms with E-state index in [2.05, 4.69) is 15.4 Å². The van der Waals surface area contributed by atoms with Gasteiger partial charge in [-0.25, -0.2) is 13.4 Å². The number of rotatable bonds is 6. The van der Waals surface area contributed by atoms with Gasteiger partial charge in [0.1, 0.15) is 10.7 Å². The molecule has 1 fully saturated rings. The lowest BCUT2D eigenvalue weighted by atomic mass is 10.4. The number of hydrogen-bond donors (Lipinski definition) is 1. The van der Waals surface area contributed by atoms with Crippen molar-refractivity contribution >= 4 is 15.8 Å². The van der Waals surface area contributed by atoms with E-state index in [-0.39, 0.29) is 4.90 Å². The van der Waals surface area contributed by atoms with Crippen LogP contribution in [-0.4, -0.2) is 60.3 Å². The number of sulfonamides is 1. The van der Waals surface area contributed by atoms with Gasteiger partial charge in [-0.1, -0.05) is 0 Å². The number of aromatic nitrogens is 3. The summed E-state index contributed by atoms with van der Waals surface area (Å²) in [6.45, 7) is 4.98. The summed E-state index contributed by atoms with van der Waals surface area (Å²) in [6, 6.07) is 3.26. The summed E-state index contributed by atoms with van der Waals surface area (Å²) in [5.41, 5.74) is 1.12. The van der Waals surface area contributed by atoms with Gasteiger partial charge >= 0.3 is 0 Å². The quantitative estimate of drug-likeness (QED) is 0.825. The van der Waals surface area contributed by atoms with Crippen LogP contribution < -0.4 is 5.32 Å². The third kappa shape index (κ3) is 3.92. The van der Waals surface area contributed by atoms with Crippen molar-refractivity contribution < 1.29 is 13.2 Å². The average molecular weight is 351 g/mol. The summed E-state index contributed by atoms with van der Waals surface area (Å²) >= 11 is 0.